The van der Waals surface area contributed by atoms with Gasteiger partial charge < -0.3 is 14.8 Å². The first kappa shape index (κ1) is 18.8. The molecule has 134 valence electrons. The molecule has 0 fully saturated rings. The molecular formula is C17H20N2O5S. The molecule has 0 radical (unpaired) electrons. The molecule has 0 heterocycles. The van der Waals surface area contributed by atoms with Crippen LogP contribution in [0.1, 0.15) is 6.92 Å². The molecule has 0 aliphatic carbocycles. The van der Waals surface area contributed by atoms with Gasteiger partial charge >= 0.3 is 0 Å². The number of hydrogen-bond acceptors (Lipinski definition) is 5. The molecule has 2 aromatic carbocycles. The van der Waals surface area contributed by atoms with Crippen molar-refractivity contribution in [3.63, 3.8) is 0 Å². The van der Waals surface area contributed by atoms with Crippen LogP contribution < -0.4 is 19.5 Å². The standard InChI is InChI=1S/C17H20N2O5S/c1-12(17(20)18-13-7-5-4-6-8-13)19-25(21,22)14-9-10-15(23-2)16(11-14)24-3/h4-12,19H,1-3H3,(H,18,20). The topological polar surface area (TPSA) is 93.7 Å². The summed E-state index contributed by atoms with van der Waals surface area (Å²) in [6.45, 7) is 1.47. The van der Waals surface area contributed by atoms with Crippen molar-refractivity contribution in [2.75, 3.05) is 19.5 Å². The molecule has 2 aromatic rings. The summed E-state index contributed by atoms with van der Waals surface area (Å²) in [6, 6.07) is 12.0. The van der Waals surface area contributed by atoms with Crippen molar-refractivity contribution in [2.45, 2.75) is 17.9 Å². The van der Waals surface area contributed by atoms with Gasteiger partial charge in [0.2, 0.25) is 15.9 Å². The molecule has 8 heteroatoms. The highest BCUT2D eigenvalue weighted by Gasteiger charge is 2.23. The zero-order valence-electron chi connectivity index (χ0n) is 14.1. The second-order valence-corrected chi connectivity index (χ2v) is 6.93. The number of hydrogen-bond donors (Lipinski definition) is 2. The zero-order valence-corrected chi connectivity index (χ0v) is 15.0. The van der Waals surface area contributed by atoms with Crippen LogP contribution in [0.5, 0.6) is 11.5 Å². The van der Waals surface area contributed by atoms with E-state index in [1.54, 1.807) is 24.3 Å². The molecule has 0 bridgehead atoms. The Morgan fingerprint density at radius 2 is 1.64 bits per heavy atom. The van der Waals surface area contributed by atoms with E-state index in [9.17, 15) is 13.2 Å². The number of benzene rings is 2. The van der Waals surface area contributed by atoms with Gasteiger partial charge in [-0.1, -0.05) is 18.2 Å². The highest BCUT2D eigenvalue weighted by molar-refractivity contribution is 7.89. The van der Waals surface area contributed by atoms with Gasteiger partial charge in [0.05, 0.1) is 25.2 Å². The summed E-state index contributed by atoms with van der Waals surface area (Å²) in [6.07, 6.45) is 0. The van der Waals surface area contributed by atoms with E-state index < -0.39 is 22.0 Å². The lowest BCUT2D eigenvalue weighted by Crippen LogP contribution is -2.41. The Balaban J connectivity index is 2.13. The van der Waals surface area contributed by atoms with Crippen LogP contribution in [-0.2, 0) is 14.8 Å². The van der Waals surface area contributed by atoms with Crippen LogP contribution in [0.2, 0.25) is 0 Å². The number of amides is 1. The minimum absolute atomic E-state index is 0.0236. The second kappa shape index (κ2) is 8.00. The van der Waals surface area contributed by atoms with Gasteiger partial charge in [-0.2, -0.15) is 4.72 Å². The van der Waals surface area contributed by atoms with Crippen LogP contribution in [0.3, 0.4) is 0 Å². The second-order valence-electron chi connectivity index (χ2n) is 5.22. The van der Waals surface area contributed by atoms with E-state index in [0.717, 1.165) is 0 Å². The van der Waals surface area contributed by atoms with Crippen molar-refractivity contribution in [2.24, 2.45) is 0 Å². The maximum Gasteiger partial charge on any atom is 0.242 e. The van der Waals surface area contributed by atoms with E-state index in [-0.39, 0.29) is 10.6 Å². The van der Waals surface area contributed by atoms with E-state index in [0.29, 0.717) is 11.4 Å². The summed E-state index contributed by atoms with van der Waals surface area (Å²) in [5.74, 6) is 0.235. The number of ether oxygens (including phenoxy) is 2. The Kier molecular flexibility index (Phi) is 6.00. The van der Waals surface area contributed by atoms with Gasteiger partial charge in [-0.3, -0.25) is 4.79 Å². The lowest BCUT2D eigenvalue weighted by Gasteiger charge is -2.15. The average Bonchev–Trinajstić information content (AvgIpc) is 2.61. The molecular weight excluding hydrogens is 344 g/mol. The third-order valence-electron chi connectivity index (χ3n) is 3.43. The summed E-state index contributed by atoms with van der Waals surface area (Å²) in [5.41, 5.74) is 0.588. The van der Waals surface area contributed by atoms with Gasteiger partial charge in [0.1, 0.15) is 0 Å². The van der Waals surface area contributed by atoms with Crippen LogP contribution in [0.15, 0.2) is 53.4 Å². The minimum Gasteiger partial charge on any atom is -0.493 e. The monoisotopic (exact) mass is 364 g/mol. The number of anilines is 1. The predicted molar refractivity (Wildman–Crippen MR) is 94.4 cm³/mol. The summed E-state index contributed by atoms with van der Waals surface area (Å²) in [5, 5.41) is 2.65. The first-order valence-corrected chi connectivity index (χ1v) is 8.96. The molecule has 1 unspecified atom stereocenters. The molecule has 0 aliphatic heterocycles. The quantitative estimate of drug-likeness (QED) is 0.784. The molecule has 1 atom stereocenters. The first-order chi connectivity index (χ1) is 11.9. The van der Waals surface area contributed by atoms with Crippen LogP contribution >= 0.6 is 0 Å². The van der Waals surface area contributed by atoms with Crippen molar-refractivity contribution in [3.8, 4) is 11.5 Å². The van der Waals surface area contributed by atoms with Crippen molar-refractivity contribution >= 4 is 21.6 Å². The molecule has 2 rings (SSSR count). The maximum atomic E-state index is 12.5. The fraction of sp³-hybridized carbons (Fsp3) is 0.235. The number of carbonyl (C=O) groups is 1. The average molecular weight is 364 g/mol. The van der Waals surface area contributed by atoms with Crippen molar-refractivity contribution < 1.29 is 22.7 Å². The van der Waals surface area contributed by atoms with E-state index >= 15 is 0 Å². The van der Waals surface area contributed by atoms with E-state index in [4.69, 9.17) is 9.47 Å². The summed E-state index contributed by atoms with van der Waals surface area (Å²) >= 11 is 0. The maximum absolute atomic E-state index is 12.5. The lowest BCUT2D eigenvalue weighted by molar-refractivity contribution is -0.117. The molecule has 0 saturated heterocycles. The summed E-state index contributed by atoms with van der Waals surface area (Å²) < 4.78 is 37.5. The molecule has 0 spiro atoms. The number of rotatable bonds is 7. The van der Waals surface area contributed by atoms with E-state index in [1.807, 2.05) is 6.07 Å². The highest BCUT2D eigenvalue weighted by atomic mass is 32.2. The fourth-order valence-corrected chi connectivity index (χ4v) is 3.33. The fourth-order valence-electron chi connectivity index (χ4n) is 2.11. The third-order valence-corrected chi connectivity index (χ3v) is 4.97. The van der Waals surface area contributed by atoms with Crippen molar-refractivity contribution in [1.82, 2.24) is 4.72 Å². The van der Waals surface area contributed by atoms with Crippen molar-refractivity contribution in [3.05, 3.63) is 48.5 Å². The molecule has 2 N–H and O–H groups in total. The molecule has 7 nitrogen and oxygen atoms in total. The van der Waals surface area contributed by atoms with Crippen LogP contribution in [0.4, 0.5) is 5.69 Å². The van der Waals surface area contributed by atoms with E-state index in [1.165, 1.54) is 39.3 Å². The van der Waals surface area contributed by atoms with Gasteiger partial charge in [0.25, 0.3) is 0 Å². The largest absolute Gasteiger partial charge is 0.493 e. The van der Waals surface area contributed by atoms with E-state index in [2.05, 4.69) is 10.0 Å². The smallest absolute Gasteiger partial charge is 0.242 e. The predicted octanol–water partition coefficient (Wildman–Crippen LogP) is 2.01. The first-order valence-electron chi connectivity index (χ1n) is 7.47. The Labute approximate surface area is 147 Å². The zero-order chi connectivity index (χ0) is 18.4. The highest BCUT2D eigenvalue weighted by Crippen LogP contribution is 2.29. The molecule has 0 aromatic heterocycles. The number of sulfonamides is 1. The van der Waals surface area contributed by atoms with Gasteiger partial charge in [-0.25, -0.2) is 8.42 Å². The lowest BCUT2D eigenvalue weighted by atomic mass is 10.3. The number of nitrogens with one attached hydrogen (secondary N) is 2. The number of methoxy groups -OCH3 is 2. The summed E-state index contributed by atoms with van der Waals surface area (Å²) in [4.78, 5) is 12.1. The van der Waals surface area contributed by atoms with Crippen LogP contribution in [0.25, 0.3) is 0 Å². The Bertz CT molecular complexity index is 837. The number of carbonyl (C=O) groups excluding carboxylic acids is 1. The normalized spacial score (nSPS) is 12.3. The molecule has 25 heavy (non-hydrogen) atoms. The van der Waals surface area contributed by atoms with Gasteiger partial charge in [-0.15, -0.1) is 0 Å². The Hall–Kier alpha value is -2.58. The molecule has 1 amide bonds. The third kappa shape index (κ3) is 4.71. The Morgan fingerprint density at radius 3 is 2.24 bits per heavy atom. The van der Waals surface area contributed by atoms with Gasteiger partial charge in [0.15, 0.2) is 11.5 Å². The van der Waals surface area contributed by atoms with Gasteiger partial charge in [0, 0.05) is 11.8 Å². The number of para-hydroxylation sites is 1. The minimum atomic E-state index is -3.90. The van der Waals surface area contributed by atoms with Crippen LogP contribution in [-0.4, -0.2) is 34.6 Å². The summed E-state index contributed by atoms with van der Waals surface area (Å²) in [7, 11) is -1.03. The SMILES string of the molecule is COc1ccc(S(=O)(=O)NC(C)C(=O)Nc2ccccc2)cc1OC. The molecule has 0 aliphatic rings. The Morgan fingerprint density at radius 1 is 1.00 bits per heavy atom. The van der Waals surface area contributed by atoms with Gasteiger partial charge in [-0.05, 0) is 31.2 Å². The van der Waals surface area contributed by atoms with Crippen LogP contribution in [0, 0.1) is 0 Å². The van der Waals surface area contributed by atoms with Crippen molar-refractivity contribution in [1.29, 1.82) is 0 Å². The molecule has 0 saturated carbocycles.